The summed E-state index contributed by atoms with van der Waals surface area (Å²) < 4.78 is 54.0. The van der Waals surface area contributed by atoms with Crippen molar-refractivity contribution < 1.29 is 22.4 Å². The zero-order chi connectivity index (χ0) is 15.7. The molecule has 0 aliphatic carbocycles. The number of carbonyl (C=O) groups excluding carboxylic acids is 1. The molecule has 2 rings (SSSR count). The first-order valence-corrected chi connectivity index (χ1v) is 6.50. The third-order valence-corrected chi connectivity index (χ3v) is 3.20. The first-order chi connectivity index (χ1) is 9.79. The van der Waals surface area contributed by atoms with Crippen LogP contribution in [-0.4, -0.2) is 5.91 Å². The summed E-state index contributed by atoms with van der Waals surface area (Å²) in [6.45, 7) is 1.34. The largest absolute Gasteiger partial charge is 0.317 e. The topological polar surface area (TPSA) is 29.1 Å². The molecule has 2 aromatic rings. The fourth-order valence-electron chi connectivity index (χ4n) is 1.67. The second-order valence-corrected chi connectivity index (χ2v) is 5.20. The van der Waals surface area contributed by atoms with Gasteiger partial charge < -0.3 is 5.32 Å². The monoisotopic (exact) mass is 361 g/mol. The number of benzene rings is 2. The molecule has 0 radical (unpaired) electrons. The molecule has 110 valence electrons. The highest BCUT2D eigenvalue weighted by atomic mass is 79.9. The SMILES string of the molecule is Cc1cc(C(=O)Nc2c(F)cc(Br)cc2F)c(F)cc1F. The van der Waals surface area contributed by atoms with Gasteiger partial charge in [-0.05, 0) is 30.7 Å². The molecule has 0 fully saturated rings. The molecule has 0 atom stereocenters. The van der Waals surface area contributed by atoms with Gasteiger partial charge in [0.25, 0.3) is 5.91 Å². The average Bonchev–Trinajstić information content (AvgIpc) is 2.37. The molecule has 0 aliphatic rings. The van der Waals surface area contributed by atoms with Crippen LogP contribution in [0.15, 0.2) is 28.7 Å². The Morgan fingerprint density at radius 3 is 2.10 bits per heavy atom. The molecule has 21 heavy (non-hydrogen) atoms. The number of nitrogens with one attached hydrogen (secondary N) is 1. The molecule has 0 saturated heterocycles. The van der Waals surface area contributed by atoms with Gasteiger partial charge in [-0.1, -0.05) is 15.9 Å². The minimum absolute atomic E-state index is 0.0401. The lowest BCUT2D eigenvalue weighted by Crippen LogP contribution is -2.16. The highest BCUT2D eigenvalue weighted by molar-refractivity contribution is 9.10. The third-order valence-electron chi connectivity index (χ3n) is 2.74. The summed E-state index contributed by atoms with van der Waals surface area (Å²) in [7, 11) is 0. The molecule has 0 aromatic heterocycles. The number of hydrogen-bond donors (Lipinski definition) is 1. The van der Waals surface area contributed by atoms with E-state index < -0.39 is 40.4 Å². The summed E-state index contributed by atoms with van der Waals surface area (Å²) in [5.41, 5.74) is -1.17. The molecule has 0 bridgehead atoms. The summed E-state index contributed by atoms with van der Waals surface area (Å²) in [6, 6.07) is 3.41. The number of anilines is 1. The molecule has 1 N–H and O–H groups in total. The fourth-order valence-corrected chi connectivity index (χ4v) is 2.08. The van der Waals surface area contributed by atoms with Crippen molar-refractivity contribution in [3.8, 4) is 0 Å². The van der Waals surface area contributed by atoms with Crippen LogP contribution in [0.1, 0.15) is 15.9 Å². The van der Waals surface area contributed by atoms with E-state index in [0.29, 0.717) is 6.07 Å². The molecular formula is C14H8BrF4NO. The highest BCUT2D eigenvalue weighted by Crippen LogP contribution is 2.25. The number of aryl methyl sites for hydroxylation is 1. The summed E-state index contributed by atoms with van der Waals surface area (Å²) >= 11 is 2.89. The molecule has 2 nitrogen and oxygen atoms in total. The standard InChI is InChI=1S/C14H8BrF4NO/c1-6-2-8(10(17)5-9(6)16)14(21)20-13-11(18)3-7(15)4-12(13)19/h2-5H,1H3,(H,20,21). The fraction of sp³-hybridized carbons (Fsp3) is 0.0714. The molecular weight excluding hydrogens is 354 g/mol. The van der Waals surface area contributed by atoms with E-state index in [1.54, 1.807) is 0 Å². The van der Waals surface area contributed by atoms with E-state index in [1.807, 2.05) is 5.32 Å². The van der Waals surface area contributed by atoms with Crippen molar-refractivity contribution in [1.29, 1.82) is 0 Å². The molecule has 2 aromatic carbocycles. The number of hydrogen-bond acceptors (Lipinski definition) is 1. The van der Waals surface area contributed by atoms with E-state index in [2.05, 4.69) is 15.9 Å². The predicted molar refractivity (Wildman–Crippen MR) is 73.1 cm³/mol. The Kier molecular flexibility index (Phi) is 4.32. The van der Waals surface area contributed by atoms with Crippen LogP contribution >= 0.6 is 15.9 Å². The zero-order valence-electron chi connectivity index (χ0n) is 10.6. The maximum Gasteiger partial charge on any atom is 0.258 e. The lowest BCUT2D eigenvalue weighted by molar-refractivity contribution is 0.102. The maximum absolute atomic E-state index is 13.6. The number of carbonyl (C=O) groups is 1. The number of rotatable bonds is 2. The van der Waals surface area contributed by atoms with Crippen molar-refractivity contribution in [3.05, 3.63) is 63.1 Å². The quantitative estimate of drug-likeness (QED) is 0.780. The lowest BCUT2D eigenvalue weighted by Gasteiger charge is -2.09. The van der Waals surface area contributed by atoms with E-state index in [9.17, 15) is 22.4 Å². The van der Waals surface area contributed by atoms with Crippen molar-refractivity contribution in [2.24, 2.45) is 0 Å². The van der Waals surface area contributed by atoms with Crippen LogP contribution in [0.4, 0.5) is 23.2 Å². The third kappa shape index (κ3) is 3.24. The Morgan fingerprint density at radius 1 is 0.952 bits per heavy atom. The summed E-state index contributed by atoms with van der Waals surface area (Å²) in [5.74, 6) is -5.04. The van der Waals surface area contributed by atoms with Gasteiger partial charge in [0.1, 0.15) is 17.3 Å². The van der Waals surface area contributed by atoms with Gasteiger partial charge in [0.15, 0.2) is 11.6 Å². The second kappa shape index (κ2) is 5.85. The van der Waals surface area contributed by atoms with E-state index in [4.69, 9.17) is 0 Å². The highest BCUT2D eigenvalue weighted by Gasteiger charge is 2.18. The normalized spacial score (nSPS) is 10.6. The van der Waals surface area contributed by atoms with E-state index in [1.165, 1.54) is 6.92 Å². The van der Waals surface area contributed by atoms with Crippen LogP contribution in [0.3, 0.4) is 0 Å². The Balaban J connectivity index is 2.37. The summed E-state index contributed by atoms with van der Waals surface area (Å²) in [4.78, 5) is 11.9. The van der Waals surface area contributed by atoms with Gasteiger partial charge in [-0.3, -0.25) is 4.79 Å². The van der Waals surface area contributed by atoms with Gasteiger partial charge in [0.05, 0.1) is 5.56 Å². The smallest absolute Gasteiger partial charge is 0.258 e. The Labute approximate surface area is 125 Å². The van der Waals surface area contributed by atoms with Crippen molar-refractivity contribution in [2.75, 3.05) is 5.32 Å². The van der Waals surface area contributed by atoms with Gasteiger partial charge >= 0.3 is 0 Å². The predicted octanol–water partition coefficient (Wildman–Crippen LogP) is 4.57. The first-order valence-electron chi connectivity index (χ1n) is 5.71. The molecule has 0 heterocycles. The van der Waals surface area contributed by atoms with Crippen molar-refractivity contribution >= 4 is 27.5 Å². The van der Waals surface area contributed by atoms with Gasteiger partial charge in [0, 0.05) is 10.5 Å². The van der Waals surface area contributed by atoms with E-state index in [-0.39, 0.29) is 10.0 Å². The van der Waals surface area contributed by atoms with Crippen molar-refractivity contribution in [3.63, 3.8) is 0 Å². The summed E-state index contributed by atoms with van der Waals surface area (Å²) in [5, 5.41) is 1.94. The van der Waals surface area contributed by atoms with Gasteiger partial charge in [-0.15, -0.1) is 0 Å². The molecule has 7 heteroatoms. The number of amides is 1. The van der Waals surface area contributed by atoms with Crippen LogP contribution in [0.2, 0.25) is 0 Å². The van der Waals surface area contributed by atoms with Crippen molar-refractivity contribution in [1.82, 2.24) is 0 Å². The minimum atomic E-state index is -1.12. The lowest BCUT2D eigenvalue weighted by atomic mass is 10.1. The van der Waals surface area contributed by atoms with Gasteiger partial charge in [-0.25, -0.2) is 17.6 Å². The van der Waals surface area contributed by atoms with E-state index >= 15 is 0 Å². The molecule has 1 amide bonds. The summed E-state index contributed by atoms with van der Waals surface area (Å²) in [6.07, 6.45) is 0. The average molecular weight is 362 g/mol. The Hall–Kier alpha value is -1.89. The molecule has 0 spiro atoms. The molecule has 0 saturated carbocycles. The maximum atomic E-state index is 13.6. The molecule has 0 unspecified atom stereocenters. The van der Waals surface area contributed by atoms with E-state index in [0.717, 1.165) is 18.2 Å². The van der Waals surface area contributed by atoms with Crippen LogP contribution in [0, 0.1) is 30.2 Å². The van der Waals surface area contributed by atoms with Crippen molar-refractivity contribution in [2.45, 2.75) is 6.92 Å². The zero-order valence-corrected chi connectivity index (χ0v) is 12.2. The van der Waals surface area contributed by atoms with Crippen LogP contribution in [0.5, 0.6) is 0 Å². The Morgan fingerprint density at radius 2 is 1.52 bits per heavy atom. The van der Waals surface area contributed by atoms with Gasteiger partial charge in [-0.2, -0.15) is 0 Å². The minimum Gasteiger partial charge on any atom is -0.317 e. The molecule has 0 aliphatic heterocycles. The second-order valence-electron chi connectivity index (χ2n) is 4.28. The van der Waals surface area contributed by atoms with Gasteiger partial charge in [0.2, 0.25) is 0 Å². The first kappa shape index (κ1) is 15.5. The number of halogens is 5. The van der Waals surface area contributed by atoms with Crippen LogP contribution in [-0.2, 0) is 0 Å². The van der Waals surface area contributed by atoms with Crippen LogP contribution in [0.25, 0.3) is 0 Å². The Bertz CT molecular complexity index is 710. The van der Waals surface area contributed by atoms with Crippen LogP contribution < -0.4 is 5.32 Å².